The van der Waals surface area contributed by atoms with E-state index in [4.69, 9.17) is 0 Å². The summed E-state index contributed by atoms with van der Waals surface area (Å²) in [5, 5.41) is 3.66. The van der Waals surface area contributed by atoms with Crippen LogP contribution in [0.5, 0.6) is 0 Å². The van der Waals surface area contributed by atoms with Crippen LogP contribution in [0.1, 0.15) is 38.5 Å². The minimum atomic E-state index is 0.404. The molecule has 3 fully saturated rings. The first-order valence-corrected chi connectivity index (χ1v) is 7.93. The lowest BCUT2D eigenvalue weighted by Gasteiger charge is -2.30. The topological polar surface area (TPSA) is 35.6 Å². The van der Waals surface area contributed by atoms with Gasteiger partial charge in [-0.2, -0.15) is 0 Å². The highest BCUT2D eigenvalue weighted by molar-refractivity contribution is 5.76. The molecule has 0 saturated carbocycles. The van der Waals surface area contributed by atoms with Crippen molar-refractivity contribution in [1.29, 1.82) is 0 Å². The van der Waals surface area contributed by atoms with Crippen molar-refractivity contribution in [2.45, 2.75) is 50.6 Å². The van der Waals surface area contributed by atoms with Crippen molar-refractivity contribution in [2.24, 2.45) is 5.92 Å². The molecule has 2 atom stereocenters. The number of nitrogens with one attached hydrogen (secondary N) is 1. The van der Waals surface area contributed by atoms with Crippen molar-refractivity contribution < 1.29 is 4.79 Å². The fraction of sp³-hybridized carbons (Fsp3) is 0.933. The number of hydrogen-bond acceptors (Lipinski definition) is 3. The first-order valence-electron chi connectivity index (χ1n) is 7.93. The smallest absolute Gasteiger partial charge is 0.222 e. The van der Waals surface area contributed by atoms with E-state index >= 15 is 0 Å². The third-order valence-electron chi connectivity index (χ3n) is 5.11. The van der Waals surface area contributed by atoms with Gasteiger partial charge in [0.2, 0.25) is 5.91 Å². The SMILES string of the molecule is CN1CCCN(C(=O)CC2CC3CCC(C2)N3)CC1. The van der Waals surface area contributed by atoms with Gasteiger partial charge in [-0.15, -0.1) is 0 Å². The summed E-state index contributed by atoms with van der Waals surface area (Å²) in [6, 6.07) is 1.40. The molecule has 3 aliphatic heterocycles. The van der Waals surface area contributed by atoms with Crippen LogP contribution >= 0.6 is 0 Å². The Kier molecular flexibility index (Phi) is 4.08. The zero-order valence-electron chi connectivity index (χ0n) is 12.1. The van der Waals surface area contributed by atoms with Crippen molar-refractivity contribution in [3.8, 4) is 0 Å². The summed E-state index contributed by atoms with van der Waals surface area (Å²) in [5.74, 6) is 1.04. The number of rotatable bonds is 2. The van der Waals surface area contributed by atoms with Gasteiger partial charge < -0.3 is 15.1 Å². The molecule has 108 valence electrons. The number of piperidine rings is 1. The lowest BCUT2D eigenvalue weighted by molar-refractivity contribution is -0.132. The van der Waals surface area contributed by atoms with Crippen LogP contribution in [0.3, 0.4) is 0 Å². The minimum absolute atomic E-state index is 0.404. The van der Waals surface area contributed by atoms with Crippen LogP contribution in [0, 0.1) is 5.92 Å². The molecule has 0 radical (unpaired) electrons. The van der Waals surface area contributed by atoms with Crippen molar-refractivity contribution in [2.75, 3.05) is 33.2 Å². The summed E-state index contributed by atoms with van der Waals surface area (Å²) in [5.41, 5.74) is 0. The molecular formula is C15H27N3O. The van der Waals surface area contributed by atoms with Crippen molar-refractivity contribution >= 4 is 5.91 Å². The highest BCUT2D eigenvalue weighted by Crippen LogP contribution is 2.33. The summed E-state index contributed by atoms with van der Waals surface area (Å²) >= 11 is 0. The van der Waals surface area contributed by atoms with Crippen LogP contribution in [0.15, 0.2) is 0 Å². The summed E-state index contributed by atoms with van der Waals surface area (Å²) < 4.78 is 0. The quantitative estimate of drug-likeness (QED) is 0.811. The van der Waals surface area contributed by atoms with Gasteiger partial charge in [0.05, 0.1) is 0 Å². The maximum absolute atomic E-state index is 12.4. The normalized spacial score (nSPS) is 36.3. The van der Waals surface area contributed by atoms with Crippen molar-refractivity contribution in [3.63, 3.8) is 0 Å². The number of nitrogens with zero attached hydrogens (tertiary/aromatic N) is 2. The van der Waals surface area contributed by atoms with Crippen LogP contribution in [-0.4, -0.2) is 61.0 Å². The molecule has 0 aromatic rings. The van der Waals surface area contributed by atoms with E-state index in [1.165, 1.54) is 25.7 Å². The van der Waals surface area contributed by atoms with E-state index in [2.05, 4.69) is 22.2 Å². The van der Waals surface area contributed by atoms with E-state index in [0.717, 1.165) is 39.0 Å². The highest BCUT2D eigenvalue weighted by atomic mass is 16.2. The first kappa shape index (κ1) is 13.4. The molecule has 0 aromatic heterocycles. The average Bonchev–Trinajstić information content (AvgIpc) is 2.60. The molecule has 2 bridgehead atoms. The summed E-state index contributed by atoms with van der Waals surface area (Å²) in [4.78, 5) is 16.9. The van der Waals surface area contributed by atoms with Gasteiger partial charge in [-0.25, -0.2) is 0 Å². The van der Waals surface area contributed by atoms with Gasteiger partial charge in [0.15, 0.2) is 0 Å². The Hall–Kier alpha value is -0.610. The zero-order valence-corrected chi connectivity index (χ0v) is 12.1. The number of hydrogen-bond donors (Lipinski definition) is 1. The van der Waals surface area contributed by atoms with E-state index in [0.29, 0.717) is 23.9 Å². The van der Waals surface area contributed by atoms with E-state index in [1.54, 1.807) is 0 Å². The Balaban J connectivity index is 1.50. The molecule has 3 saturated heterocycles. The summed E-state index contributed by atoms with van der Waals surface area (Å²) in [6.07, 6.45) is 7.00. The number of likely N-dealkylation sites (N-methyl/N-ethyl adjacent to an activating group) is 1. The molecule has 3 aliphatic rings. The minimum Gasteiger partial charge on any atom is -0.341 e. The molecule has 0 aliphatic carbocycles. The fourth-order valence-electron chi connectivity index (χ4n) is 4.01. The van der Waals surface area contributed by atoms with Gasteiger partial charge in [0, 0.05) is 38.1 Å². The summed E-state index contributed by atoms with van der Waals surface area (Å²) in [6.45, 7) is 4.04. The van der Waals surface area contributed by atoms with Gasteiger partial charge in [-0.3, -0.25) is 4.79 Å². The Morgan fingerprint density at radius 3 is 2.58 bits per heavy atom. The lowest BCUT2D eigenvalue weighted by atomic mass is 9.89. The van der Waals surface area contributed by atoms with E-state index in [-0.39, 0.29) is 0 Å². The number of carbonyl (C=O) groups is 1. The Morgan fingerprint density at radius 1 is 1.11 bits per heavy atom. The molecule has 0 aromatic carbocycles. The number of carbonyl (C=O) groups excluding carboxylic acids is 1. The van der Waals surface area contributed by atoms with E-state index in [1.807, 2.05) is 0 Å². The average molecular weight is 265 g/mol. The maximum Gasteiger partial charge on any atom is 0.222 e. The third-order valence-corrected chi connectivity index (χ3v) is 5.11. The molecule has 3 heterocycles. The maximum atomic E-state index is 12.4. The fourth-order valence-corrected chi connectivity index (χ4v) is 4.01. The number of fused-ring (bicyclic) bond motifs is 2. The Bertz CT molecular complexity index is 321. The first-order chi connectivity index (χ1) is 9.20. The Labute approximate surface area is 116 Å². The summed E-state index contributed by atoms with van der Waals surface area (Å²) in [7, 11) is 2.15. The molecule has 2 unspecified atom stereocenters. The van der Waals surface area contributed by atoms with Crippen molar-refractivity contribution in [1.82, 2.24) is 15.1 Å². The standard InChI is InChI=1S/C15H27N3O/c1-17-5-2-6-18(8-7-17)15(19)11-12-9-13-3-4-14(10-12)16-13/h12-14,16H,2-11H2,1H3. The molecule has 19 heavy (non-hydrogen) atoms. The second kappa shape index (κ2) is 5.80. The van der Waals surface area contributed by atoms with Gasteiger partial charge in [-0.1, -0.05) is 0 Å². The van der Waals surface area contributed by atoms with Gasteiger partial charge >= 0.3 is 0 Å². The second-order valence-electron chi connectivity index (χ2n) is 6.72. The van der Waals surface area contributed by atoms with Crippen LogP contribution in [-0.2, 0) is 4.79 Å². The van der Waals surface area contributed by atoms with Gasteiger partial charge in [0.1, 0.15) is 0 Å². The highest BCUT2D eigenvalue weighted by Gasteiger charge is 2.34. The molecule has 1 N–H and O–H groups in total. The largest absolute Gasteiger partial charge is 0.341 e. The van der Waals surface area contributed by atoms with E-state index in [9.17, 15) is 4.79 Å². The van der Waals surface area contributed by atoms with Crippen LogP contribution in [0.2, 0.25) is 0 Å². The van der Waals surface area contributed by atoms with Crippen molar-refractivity contribution in [3.05, 3.63) is 0 Å². The predicted molar refractivity (Wildman–Crippen MR) is 76.0 cm³/mol. The molecule has 4 heteroatoms. The second-order valence-corrected chi connectivity index (χ2v) is 6.72. The molecular weight excluding hydrogens is 238 g/mol. The monoisotopic (exact) mass is 265 g/mol. The zero-order chi connectivity index (χ0) is 13.2. The number of amides is 1. The lowest BCUT2D eigenvalue weighted by Crippen LogP contribution is -2.41. The molecule has 0 spiro atoms. The third kappa shape index (κ3) is 3.29. The molecule has 3 rings (SSSR count). The molecule has 4 nitrogen and oxygen atoms in total. The van der Waals surface area contributed by atoms with Gasteiger partial charge in [0.25, 0.3) is 0 Å². The van der Waals surface area contributed by atoms with Gasteiger partial charge in [-0.05, 0) is 51.6 Å². The van der Waals surface area contributed by atoms with Crippen LogP contribution in [0.25, 0.3) is 0 Å². The predicted octanol–water partition coefficient (Wildman–Crippen LogP) is 1.07. The van der Waals surface area contributed by atoms with Crippen LogP contribution in [0.4, 0.5) is 0 Å². The Morgan fingerprint density at radius 2 is 1.84 bits per heavy atom. The van der Waals surface area contributed by atoms with E-state index < -0.39 is 0 Å². The molecule has 1 amide bonds. The van der Waals surface area contributed by atoms with Crippen LogP contribution < -0.4 is 5.32 Å².